The molecule has 152 valence electrons. The minimum absolute atomic E-state index is 0.141. The molecule has 0 spiro atoms. The van der Waals surface area contributed by atoms with E-state index in [1.807, 2.05) is 56.6 Å². The number of aromatic nitrogens is 3. The molecule has 0 atom stereocenters. The van der Waals surface area contributed by atoms with Crippen molar-refractivity contribution in [3.8, 4) is 0 Å². The second-order valence-corrected chi connectivity index (χ2v) is 7.97. The number of rotatable bonds is 4. The van der Waals surface area contributed by atoms with E-state index in [0.717, 1.165) is 39.2 Å². The van der Waals surface area contributed by atoms with Gasteiger partial charge in [0.05, 0.1) is 34.7 Å². The summed E-state index contributed by atoms with van der Waals surface area (Å²) in [4.78, 5) is 17.8. The lowest BCUT2D eigenvalue weighted by molar-refractivity contribution is 0.102. The third kappa shape index (κ3) is 3.83. The van der Waals surface area contributed by atoms with Crippen LogP contribution < -0.4 is 5.32 Å². The summed E-state index contributed by atoms with van der Waals surface area (Å²) in [6.45, 7) is 10.6. The van der Waals surface area contributed by atoms with E-state index < -0.39 is 0 Å². The number of pyridine rings is 1. The molecule has 1 N–H and O–H groups in total. The number of benzene rings is 2. The number of carbonyl (C=O) groups excluding carboxylic acids is 1. The maximum Gasteiger partial charge on any atom is 0.256 e. The number of aryl methyl sites for hydroxylation is 4. The Morgan fingerprint density at radius 1 is 0.933 bits per heavy atom. The minimum atomic E-state index is -0.141. The fraction of sp³-hybridized carbons (Fsp3) is 0.240. The Hall–Kier alpha value is -3.47. The molecule has 4 rings (SSSR count). The summed E-state index contributed by atoms with van der Waals surface area (Å²) in [5.41, 5.74) is 8.29. The van der Waals surface area contributed by atoms with Crippen LogP contribution in [-0.4, -0.2) is 20.7 Å². The van der Waals surface area contributed by atoms with Gasteiger partial charge in [0.25, 0.3) is 5.91 Å². The maximum atomic E-state index is 13.2. The van der Waals surface area contributed by atoms with E-state index in [1.165, 1.54) is 11.1 Å². The number of hydrogen-bond donors (Lipinski definition) is 1. The summed E-state index contributed by atoms with van der Waals surface area (Å²) >= 11 is 0. The fourth-order valence-electron chi connectivity index (χ4n) is 3.74. The van der Waals surface area contributed by atoms with Gasteiger partial charge in [-0.2, -0.15) is 5.10 Å². The van der Waals surface area contributed by atoms with E-state index in [9.17, 15) is 4.79 Å². The summed E-state index contributed by atoms with van der Waals surface area (Å²) in [7, 11) is 0. The van der Waals surface area contributed by atoms with Gasteiger partial charge in [0.15, 0.2) is 0 Å². The van der Waals surface area contributed by atoms with Gasteiger partial charge in [-0.25, -0.2) is 0 Å². The van der Waals surface area contributed by atoms with Crippen LogP contribution in [0.3, 0.4) is 0 Å². The van der Waals surface area contributed by atoms with E-state index in [0.29, 0.717) is 12.1 Å². The lowest BCUT2D eigenvalue weighted by Crippen LogP contribution is -2.14. The van der Waals surface area contributed by atoms with Crippen LogP contribution in [0.2, 0.25) is 0 Å². The van der Waals surface area contributed by atoms with Crippen LogP contribution in [0.1, 0.15) is 44.1 Å². The van der Waals surface area contributed by atoms with E-state index >= 15 is 0 Å². The molecule has 5 heteroatoms. The Kier molecular flexibility index (Phi) is 5.12. The fourth-order valence-corrected chi connectivity index (χ4v) is 3.74. The summed E-state index contributed by atoms with van der Waals surface area (Å²) < 4.78 is 1.94. The van der Waals surface area contributed by atoms with Gasteiger partial charge in [-0.1, -0.05) is 41.5 Å². The highest BCUT2D eigenvalue weighted by molar-refractivity contribution is 6.12. The first kappa shape index (κ1) is 19.8. The Morgan fingerprint density at radius 2 is 1.63 bits per heavy atom. The molecular formula is C25H26N4O. The Balaban J connectivity index is 1.66. The Morgan fingerprint density at radius 3 is 2.37 bits per heavy atom. The number of fused-ring (bicyclic) bond motifs is 1. The monoisotopic (exact) mass is 398 g/mol. The first-order chi connectivity index (χ1) is 14.3. The smallest absolute Gasteiger partial charge is 0.256 e. The SMILES string of the molecule is Cc1ccc(Cn2nc(C)c(NC(=O)c3cc(C)nc4ccc(C)cc34)c2C)cc1. The zero-order chi connectivity index (χ0) is 21.4. The third-order valence-electron chi connectivity index (χ3n) is 5.41. The highest BCUT2D eigenvalue weighted by atomic mass is 16.1. The molecular weight excluding hydrogens is 372 g/mol. The van der Waals surface area contributed by atoms with Crippen LogP contribution in [0.15, 0.2) is 48.5 Å². The summed E-state index contributed by atoms with van der Waals surface area (Å²) in [6, 6.07) is 16.3. The lowest BCUT2D eigenvalue weighted by Gasteiger charge is -2.11. The quantitative estimate of drug-likeness (QED) is 0.509. The maximum absolute atomic E-state index is 13.2. The molecule has 5 nitrogen and oxygen atoms in total. The minimum Gasteiger partial charge on any atom is -0.319 e. The zero-order valence-electron chi connectivity index (χ0n) is 18.1. The van der Waals surface area contributed by atoms with Gasteiger partial charge in [-0.3, -0.25) is 14.5 Å². The van der Waals surface area contributed by atoms with Crippen molar-refractivity contribution in [2.24, 2.45) is 0 Å². The van der Waals surface area contributed by atoms with Gasteiger partial charge in [0.1, 0.15) is 0 Å². The Labute approximate surface area is 176 Å². The van der Waals surface area contributed by atoms with Crippen molar-refractivity contribution >= 4 is 22.5 Å². The van der Waals surface area contributed by atoms with Crippen molar-refractivity contribution in [2.45, 2.75) is 41.2 Å². The van der Waals surface area contributed by atoms with E-state index in [1.54, 1.807) is 0 Å². The molecule has 4 aromatic rings. The molecule has 0 bridgehead atoms. The van der Waals surface area contributed by atoms with Crippen molar-refractivity contribution < 1.29 is 4.79 Å². The van der Waals surface area contributed by atoms with Crippen LogP contribution in [0, 0.1) is 34.6 Å². The van der Waals surface area contributed by atoms with Gasteiger partial charge >= 0.3 is 0 Å². The van der Waals surface area contributed by atoms with Crippen molar-refractivity contribution in [3.05, 3.63) is 87.9 Å². The first-order valence-corrected chi connectivity index (χ1v) is 10.1. The number of nitrogens with zero attached hydrogens (tertiary/aromatic N) is 3. The summed E-state index contributed by atoms with van der Waals surface area (Å²) in [6.07, 6.45) is 0. The molecule has 0 aliphatic heterocycles. The van der Waals surface area contributed by atoms with Crippen molar-refractivity contribution in [2.75, 3.05) is 5.32 Å². The molecule has 0 fully saturated rings. The van der Waals surface area contributed by atoms with Gasteiger partial charge in [0, 0.05) is 11.1 Å². The number of hydrogen-bond acceptors (Lipinski definition) is 3. The van der Waals surface area contributed by atoms with Gasteiger partial charge in [0.2, 0.25) is 0 Å². The number of anilines is 1. The second kappa shape index (κ2) is 7.75. The number of amides is 1. The largest absolute Gasteiger partial charge is 0.319 e. The summed E-state index contributed by atoms with van der Waals surface area (Å²) in [5, 5.41) is 8.62. The molecule has 2 aromatic carbocycles. The topological polar surface area (TPSA) is 59.8 Å². The standard InChI is InChI=1S/C25H26N4O/c1-15-6-9-20(10-7-15)14-29-19(5)24(18(4)28-29)27-25(30)22-13-17(3)26-23-11-8-16(2)12-21(22)23/h6-13H,14H2,1-5H3,(H,27,30). The van der Waals surface area contributed by atoms with Crippen molar-refractivity contribution in [1.29, 1.82) is 0 Å². The van der Waals surface area contributed by atoms with Crippen molar-refractivity contribution in [3.63, 3.8) is 0 Å². The highest BCUT2D eigenvalue weighted by Crippen LogP contribution is 2.24. The van der Waals surface area contributed by atoms with Crippen LogP contribution in [0.4, 0.5) is 5.69 Å². The molecule has 2 heterocycles. The lowest BCUT2D eigenvalue weighted by atomic mass is 10.0. The van der Waals surface area contributed by atoms with Crippen LogP contribution in [0.25, 0.3) is 10.9 Å². The molecule has 0 radical (unpaired) electrons. The second-order valence-electron chi connectivity index (χ2n) is 7.97. The average molecular weight is 399 g/mol. The Bertz CT molecular complexity index is 1250. The van der Waals surface area contributed by atoms with Gasteiger partial charge < -0.3 is 5.32 Å². The first-order valence-electron chi connectivity index (χ1n) is 10.1. The van der Waals surface area contributed by atoms with Crippen LogP contribution in [-0.2, 0) is 6.54 Å². The average Bonchev–Trinajstić information content (AvgIpc) is 2.96. The molecule has 0 unspecified atom stereocenters. The molecule has 1 amide bonds. The normalized spacial score (nSPS) is 11.1. The molecule has 0 saturated carbocycles. The molecule has 0 aliphatic carbocycles. The summed E-state index contributed by atoms with van der Waals surface area (Å²) in [5.74, 6) is -0.141. The third-order valence-corrected chi connectivity index (χ3v) is 5.41. The highest BCUT2D eigenvalue weighted by Gasteiger charge is 2.18. The predicted molar refractivity (Wildman–Crippen MR) is 121 cm³/mol. The van der Waals surface area contributed by atoms with Crippen LogP contribution >= 0.6 is 0 Å². The molecule has 2 aromatic heterocycles. The zero-order valence-corrected chi connectivity index (χ0v) is 18.1. The van der Waals surface area contributed by atoms with E-state index in [4.69, 9.17) is 0 Å². The molecule has 0 aliphatic rings. The van der Waals surface area contributed by atoms with Gasteiger partial charge in [-0.05, 0) is 58.4 Å². The van der Waals surface area contributed by atoms with Gasteiger partial charge in [-0.15, -0.1) is 0 Å². The predicted octanol–water partition coefficient (Wildman–Crippen LogP) is 5.27. The van der Waals surface area contributed by atoms with E-state index in [-0.39, 0.29) is 5.91 Å². The molecule has 30 heavy (non-hydrogen) atoms. The van der Waals surface area contributed by atoms with Crippen LogP contribution in [0.5, 0.6) is 0 Å². The van der Waals surface area contributed by atoms with E-state index in [2.05, 4.69) is 46.6 Å². The number of nitrogens with one attached hydrogen (secondary N) is 1. The molecule has 0 saturated heterocycles. The van der Waals surface area contributed by atoms with Crippen molar-refractivity contribution in [1.82, 2.24) is 14.8 Å². The number of carbonyl (C=O) groups is 1.